The minimum absolute atomic E-state index is 0.00510. The summed E-state index contributed by atoms with van der Waals surface area (Å²) < 4.78 is 26.7. The Labute approximate surface area is 183 Å². The van der Waals surface area contributed by atoms with Crippen LogP contribution in [-0.4, -0.2) is 80.7 Å². The number of hydrogen-bond acceptors (Lipinski definition) is 5. The Morgan fingerprint density at radius 2 is 2.07 bits per heavy atom. The first-order valence-corrected chi connectivity index (χ1v) is 11.7. The molecule has 1 aromatic carbocycles. The summed E-state index contributed by atoms with van der Waals surface area (Å²) in [6.07, 6.45) is 4.59. The SMILES string of the molecule is COC(C1CN(C2CCOCC2)C[C@H]1c1ccc(Cl)cc1F)N1CCNC2(CC2)C1. The summed E-state index contributed by atoms with van der Waals surface area (Å²) in [4.78, 5) is 5.06. The molecule has 0 radical (unpaired) electrons. The molecule has 3 aliphatic heterocycles. The lowest BCUT2D eigenvalue weighted by atomic mass is 9.86. The third kappa shape index (κ3) is 4.15. The van der Waals surface area contributed by atoms with Gasteiger partial charge in [-0.1, -0.05) is 17.7 Å². The summed E-state index contributed by atoms with van der Waals surface area (Å²) in [5.74, 6) is 0.127. The van der Waals surface area contributed by atoms with Crippen molar-refractivity contribution in [1.82, 2.24) is 15.1 Å². The number of nitrogens with one attached hydrogen (secondary N) is 1. The third-order valence-corrected chi connectivity index (χ3v) is 7.92. The normalized spacial score (nSPS) is 31.3. The van der Waals surface area contributed by atoms with E-state index in [4.69, 9.17) is 21.1 Å². The molecule has 3 atom stereocenters. The minimum Gasteiger partial charge on any atom is -0.381 e. The number of methoxy groups -OCH3 is 1. The van der Waals surface area contributed by atoms with Gasteiger partial charge in [-0.15, -0.1) is 0 Å². The molecular formula is C23H33ClFN3O2. The number of nitrogens with zero attached hydrogens (tertiary/aromatic N) is 2. The first-order valence-electron chi connectivity index (χ1n) is 11.4. The highest BCUT2D eigenvalue weighted by molar-refractivity contribution is 6.30. The molecule has 1 aromatic rings. The molecule has 3 saturated heterocycles. The summed E-state index contributed by atoms with van der Waals surface area (Å²) in [5, 5.41) is 4.14. The van der Waals surface area contributed by atoms with Gasteiger partial charge in [0.25, 0.3) is 0 Å². The van der Waals surface area contributed by atoms with Crippen molar-refractivity contribution in [2.24, 2.45) is 5.92 Å². The van der Waals surface area contributed by atoms with Crippen molar-refractivity contribution in [3.05, 3.63) is 34.6 Å². The van der Waals surface area contributed by atoms with Crippen molar-refractivity contribution in [1.29, 1.82) is 0 Å². The van der Waals surface area contributed by atoms with Crippen LogP contribution in [0.15, 0.2) is 18.2 Å². The lowest BCUT2D eigenvalue weighted by molar-refractivity contribution is -0.0850. The lowest BCUT2D eigenvalue weighted by Crippen LogP contribution is -2.58. The summed E-state index contributed by atoms with van der Waals surface area (Å²) in [5.41, 5.74) is 1.06. The van der Waals surface area contributed by atoms with Crippen LogP contribution < -0.4 is 5.32 Å². The van der Waals surface area contributed by atoms with Crippen molar-refractivity contribution in [2.45, 2.75) is 49.4 Å². The molecule has 5 nitrogen and oxygen atoms in total. The maximum Gasteiger partial charge on any atom is 0.128 e. The van der Waals surface area contributed by atoms with Crippen molar-refractivity contribution in [2.75, 3.05) is 53.0 Å². The molecule has 7 heteroatoms. The number of hydrogen-bond donors (Lipinski definition) is 1. The Morgan fingerprint density at radius 3 is 2.77 bits per heavy atom. The highest BCUT2D eigenvalue weighted by Gasteiger charge is 2.50. The number of halogens is 2. The fraction of sp³-hybridized carbons (Fsp3) is 0.739. The van der Waals surface area contributed by atoms with Gasteiger partial charge < -0.3 is 14.8 Å². The predicted octanol–water partition coefficient (Wildman–Crippen LogP) is 3.08. The number of benzene rings is 1. The van der Waals surface area contributed by atoms with Crippen LogP contribution in [0.1, 0.15) is 37.2 Å². The van der Waals surface area contributed by atoms with E-state index in [9.17, 15) is 0 Å². The van der Waals surface area contributed by atoms with E-state index in [1.54, 1.807) is 0 Å². The zero-order valence-corrected chi connectivity index (χ0v) is 18.5. The van der Waals surface area contributed by atoms with Crippen molar-refractivity contribution in [3.63, 3.8) is 0 Å². The van der Waals surface area contributed by atoms with Crippen LogP contribution in [0.2, 0.25) is 5.02 Å². The van der Waals surface area contributed by atoms with E-state index >= 15 is 4.39 Å². The molecular weight excluding hydrogens is 405 g/mol. The van der Waals surface area contributed by atoms with Crippen LogP contribution in [0.25, 0.3) is 0 Å². The first-order chi connectivity index (χ1) is 14.6. The van der Waals surface area contributed by atoms with Gasteiger partial charge in [0.1, 0.15) is 12.0 Å². The number of ether oxygens (including phenoxy) is 2. The highest BCUT2D eigenvalue weighted by atomic mass is 35.5. The van der Waals surface area contributed by atoms with E-state index in [-0.39, 0.29) is 29.4 Å². The van der Waals surface area contributed by atoms with Gasteiger partial charge in [-0.05, 0) is 43.4 Å². The monoisotopic (exact) mass is 437 g/mol. The molecule has 1 saturated carbocycles. The van der Waals surface area contributed by atoms with E-state index in [2.05, 4.69) is 15.1 Å². The van der Waals surface area contributed by atoms with Crippen LogP contribution in [0.5, 0.6) is 0 Å². The van der Waals surface area contributed by atoms with Crippen molar-refractivity contribution >= 4 is 11.6 Å². The summed E-state index contributed by atoms with van der Waals surface area (Å²) >= 11 is 6.06. The predicted molar refractivity (Wildman–Crippen MR) is 115 cm³/mol. The maximum atomic E-state index is 15.0. The highest BCUT2D eigenvalue weighted by Crippen LogP contribution is 2.43. The molecule has 166 valence electrons. The van der Waals surface area contributed by atoms with Crippen LogP contribution >= 0.6 is 11.6 Å². The molecule has 0 amide bonds. The molecule has 0 aromatic heterocycles. The quantitative estimate of drug-likeness (QED) is 0.766. The van der Waals surface area contributed by atoms with Crippen LogP contribution in [0.4, 0.5) is 4.39 Å². The Hall–Kier alpha value is -0.760. The fourth-order valence-electron chi connectivity index (χ4n) is 5.92. The van der Waals surface area contributed by atoms with Crippen LogP contribution in [0, 0.1) is 11.7 Å². The standard InChI is InChI=1S/C23H33ClFN3O2/c1-29-22(27-9-8-26-23(15-27)6-7-23)20-14-28(17-4-10-30-11-5-17)13-19(20)18-3-2-16(24)12-21(18)25/h2-3,12,17,19-20,22,26H,4-11,13-15H2,1H3/t19-,20?,22?/m0/s1. The molecule has 3 heterocycles. The Morgan fingerprint density at radius 1 is 1.27 bits per heavy atom. The van der Waals surface area contributed by atoms with Gasteiger partial charge in [-0.2, -0.15) is 0 Å². The molecule has 4 aliphatic rings. The summed E-state index contributed by atoms with van der Waals surface area (Å²) in [7, 11) is 1.82. The molecule has 0 bridgehead atoms. The molecule has 1 spiro atoms. The van der Waals surface area contributed by atoms with E-state index in [1.807, 2.05) is 19.2 Å². The first kappa shape index (κ1) is 21.1. The topological polar surface area (TPSA) is 37.0 Å². The van der Waals surface area contributed by atoms with Crippen molar-refractivity contribution < 1.29 is 13.9 Å². The lowest BCUT2D eigenvalue weighted by Gasteiger charge is -2.42. The van der Waals surface area contributed by atoms with Gasteiger partial charge >= 0.3 is 0 Å². The Balaban J connectivity index is 1.42. The van der Waals surface area contributed by atoms with E-state index < -0.39 is 0 Å². The smallest absolute Gasteiger partial charge is 0.128 e. The molecule has 1 aliphatic carbocycles. The fourth-order valence-corrected chi connectivity index (χ4v) is 6.07. The van der Waals surface area contributed by atoms with Gasteiger partial charge in [0.2, 0.25) is 0 Å². The summed E-state index contributed by atoms with van der Waals surface area (Å²) in [6.45, 7) is 6.44. The van der Waals surface area contributed by atoms with Crippen LogP contribution in [0.3, 0.4) is 0 Å². The maximum absolute atomic E-state index is 15.0. The zero-order chi connectivity index (χ0) is 20.7. The second-order valence-corrected chi connectivity index (χ2v) is 9.97. The number of rotatable bonds is 5. The average Bonchev–Trinajstić information content (AvgIpc) is 3.35. The van der Waals surface area contributed by atoms with Gasteiger partial charge in [0, 0.05) is 81.5 Å². The second kappa shape index (κ2) is 8.64. The molecule has 2 unspecified atom stereocenters. The zero-order valence-electron chi connectivity index (χ0n) is 17.8. The third-order valence-electron chi connectivity index (χ3n) is 7.69. The van der Waals surface area contributed by atoms with Gasteiger partial charge in [-0.25, -0.2) is 4.39 Å². The summed E-state index contributed by atoms with van der Waals surface area (Å²) in [6, 6.07) is 5.67. The Bertz CT molecular complexity index is 756. The Kier molecular flexibility index (Phi) is 6.08. The van der Waals surface area contributed by atoms with Crippen molar-refractivity contribution in [3.8, 4) is 0 Å². The molecule has 4 fully saturated rings. The second-order valence-electron chi connectivity index (χ2n) is 9.54. The minimum atomic E-state index is -0.194. The van der Waals surface area contributed by atoms with Gasteiger partial charge in [0.15, 0.2) is 0 Å². The van der Waals surface area contributed by atoms with E-state index in [0.717, 1.165) is 64.3 Å². The number of piperazine rings is 1. The molecule has 1 N–H and O–H groups in total. The van der Waals surface area contributed by atoms with E-state index in [0.29, 0.717) is 11.1 Å². The molecule has 5 rings (SSSR count). The molecule has 30 heavy (non-hydrogen) atoms. The average molecular weight is 438 g/mol. The number of likely N-dealkylation sites (tertiary alicyclic amines) is 1. The van der Waals surface area contributed by atoms with Crippen LogP contribution in [-0.2, 0) is 9.47 Å². The van der Waals surface area contributed by atoms with E-state index in [1.165, 1.54) is 18.9 Å². The largest absolute Gasteiger partial charge is 0.381 e. The van der Waals surface area contributed by atoms with Gasteiger partial charge in [-0.3, -0.25) is 9.80 Å². The van der Waals surface area contributed by atoms with Gasteiger partial charge in [0.05, 0.1) is 0 Å².